The third kappa shape index (κ3) is 6.34. The first-order valence-corrected chi connectivity index (χ1v) is 9.94. The van der Waals surface area contributed by atoms with Crippen LogP contribution < -0.4 is 10.1 Å². The molecule has 0 saturated carbocycles. The lowest BCUT2D eigenvalue weighted by Crippen LogP contribution is -2.44. The number of benzene rings is 2. The number of morpholine rings is 1. The fraction of sp³-hybridized carbons (Fsp3) is 0.381. The molecule has 27 heavy (non-hydrogen) atoms. The predicted octanol–water partition coefficient (Wildman–Crippen LogP) is 3.33. The summed E-state index contributed by atoms with van der Waals surface area (Å²) in [5.41, 5.74) is 2.30. The molecule has 1 atom stereocenters. The zero-order valence-corrected chi connectivity index (χ0v) is 17.1. The molecule has 1 saturated heterocycles. The Labute approximate surface area is 168 Å². The highest BCUT2D eigenvalue weighted by Gasteiger charge is 2.20. The van der Waals surface area contributed by atoms with Gasteiger partial charge in [0.1, 0.15) is 5.75 Å². The van der Waals surface area contributed by atoms with Crippen LogP contribution in [0.5, 0.6) is 5.75 Å². The molecular formula is C21H25BrN2O3. The van der Waals surface area contributed by atoms with E-state index in [2.05, 4.69) is 57.3 Å². The van der Waals surface area contributed by atoms with Crippen molar-refractivity contribution in [2.75, 3.05) is 39.5 Å². The van der Waals surface area contributed by atoms with Gasteiger partial charge in [0.25, 0.3) is 5.91 Å². The number of ether oxygens (including phenoxy) is 2. The highest BCUT2D eigenvalue weighted by molar-refractivity contribution is 9.10. The smallest absolute Gasteiger partial charge is 0.258 e. The van der Waals surface area contributed by atoms with Crippen LogP contribution in [0.15, 0.2) is 53.0 Å². The molecular weight excluding hydrogens is 408 g/mol. The lowest BCUT2D eigenvalue weighted by molar-refractivity contribution is -0.124. The number of amides is 1. The monoisotopic (exact) mass is 432 g/mol. The number of hydrogen-bond donors (Lipinski definition) is 1. The van der Waals surface area contributed by atoms with Crippen LogP contribution in [-0.2, 0) is 9.53 Å². The molecule has 1 aliphatic heterocycles. The molecule has 0 aliphatic carbocycles. The minimum Gasteiger partial charge on any atom is -0.484 e. The molecule has 6 heteroatoms. The lowest BCUT2D eigenvalue weighted by Gasteiger charge is -2.31. The van der Waals surface area contributed by atoms with E-state index < -0.39 is 0 Å². The van der Waals surface area contributed by atoms with Crippen molar-refractivity contribution in [1.29, 1.82) is 0 Å². The zero-order chi connectivity index (χ0) is 19.1. The Balaban J connectivity index is 1.62. The SMILES string of the molecule is Cc1ccc([C@@H](CN2CCOCC2)NC(=O)COc2cccc(Br)c2)cc1. The highest BCUT2D eigenvalue weighted by Crippen LogP contribution is 2.19. The molecule has 0 spiro atoms. The normalized spacial score (nSPS) is 15.9. The van der Waals surface area contributed by atoms with Crippen LogP contribution >= 0.6 is 15.9 Å². The number of carbonyl (C=O) groups excluding carboxylic acids is 1. The standard InChI is InChI=1S/C21H25BrN2O3/c1-16-5-7-17(8-6-16)20(14-24-9-11-26-12-10-24)23-21(25)15-27-19-4-2-3-18(22)13-19/h2-8,13,20H,9-12,14-15H2,1H3,(H,23,25)/t20-/m1/s1. The lowest BCUT2D eigenvalue weighted by atomic mass is 10.0. The predicted molar refractivity (Wildman–Crippen MR) is 109 cm³/mol. The first-order chi connectivity index (χ1) is 13.1. The molecule has 5 nitrogen and oxygen atoms in total. The molecule has 1 N–H and O–H groups in total. The van der Waals surface area contributed by atoms with Gasteiger partial charge in [-0.3, -0.25) is 9.69 Å². The van der Waals surface area contributed by atoms with Crippen molar-refractivity contribution < 1.29 is 14.3 Å². The number of aryl methyl sites for hydroxylation is 1. The summed E-state index contributed by atoms with van der Waals surface area (Å²) in [5, 5.41) is 3.13. The van der Waals surface area contributed by atoms with E-state index in [1.54, 1.807) is 0 Å². The second kappa shape index (κ2) is 9.88. The van der Waals surface area contributed by atoms with Gasteiger partial charge in [0.2, 0.25) is 0 Å². The van der Waals surface area contributed by atoms with Crippen molar-refractivity contribution in [3.05, 3.63) is 64.1 Å². The molecule has 1 fully saturated rings. The van der Waals surface area contributed by atoms with Crippen molar-refractivity contribution in [3.8, 4) is 5.75 Å². The molecule has 0 unspecified atom stereocenters. The quantitative estimate of drug-likeness (QED) is 0.728. The van der Waals surface area contributed by atoms with Crippen LogP contribution in [0.2, 0.25) is 0 Å². The fourth-order valence-corrected chi connectivity index (χ4v) is 3.39. The summed E-state index contributed by atoms with van der Waals surface area (Å²) in [7, 11) is 0. The molecule has 2 aromatic carbocycles. The van der Waals surface area contributed by atoms with Gasteiger partial charge in [-0.15, -0.1) is 0 Å². The van der Waals surface area contributed by atoms with Crippen LogP contribution in [0, 0.1) is 6.92 Å². The average Bonchev–Trinajstić information content (AvgIpc) is 2.67. The van der Waals surface area contributed by atoms with E-state index in [1.807, 2.05) is 24.3 Å². The number of nitrogens with zero attached hydrogens (tertiary/aromatic N) is 1. The Hall–Kier alpha value is -1.89. The van der Waals surface area contributed by atoms with E-state index in [-0.39, 0.29) is 18.6 Å². The largest absolute Gasteiger partial charge is 0.484 e. The van der Waals surface area contributed by atoms with E-state index in [4.69, 9.17) is 9.47 Å². The van der Waals surface area contributed by atoms with Gasteiger partial charge >= 0.3 is 0 Å². The molecule has 0 aromatic heterocycles. The van der Waals surface area contributed by atoms with Crippen LogP contribution in [0.25, 0.3) is 0 Å². The second-order valence-corrected chi connectivity index (χ2v) is 7.61. The topological polar surface area (TPSA) is 50.8 Å². The first-order valence-electron chi connectivity index (χ1n) is 9.14. The summed E-state index contributed by atoms with van der Waals surface area (Å²) in [6, 6.07) is 15.7. The Kier molecular flexibility index (Phi) is 7.26. The number of nitrogens with one attached hydrogen (secondary N) is 1. The van der Waals surface area contributed by atoms with E-state index in [0.29, 0.717) is 5.75 Å². The highest BCUT2D eigenvalue weighted by atomic mass is 79.9. The summed E-state index contributed by atoms with van der Waals surface area (Å²) in [6.07, 6.45) is 0. The number of carbonyl (C=O) groups is 1. The zero-order valence-electron chi connectivity index (χ0n) is 15.5. The first kappa shape index (κ1) is 19.9. The van der Waals surface area contributed by atoms with Gasteiger partial charge in [0.05, 0.1) is 19.3 Å². The van der Waals surface area contributed by atoms with E-state index in [0.717, 1.165) is 42.9 Å². The molecule has 0 bridgehead atoms. The van der Waals surface area contributed by atoms with Crippen molar-refractivity contribution in [3.63, 3.8) is 0 Å². The van der Waals surface area contributed by atoms with Gasteiger partial charge in [0, 0.05) is 24.1 Å². The summed E-state index contributed by atoms with van der Waals surface area (Å²) in [4.78, 5) is 14.8. The van der Waals surface area contributed by atoms with Crippen LogP contribution in [0.4, 0.5) is 0 Å². The van der Waals surface area contributed by atoms with E-state index >= 15 is 0 Å². The summed E-state index contributed by atoms with van der Waals surface area (Å²) < 4.78 is 12.0. The van der Waals surface area contributed by atoms with E-state index in [9.17, 15) is 4.79 Å². The Morgan fingerprint density at radius 3 is 2.67 bits per heavy atom. The maximum atomic E-state index is 12.5. The van der Waals surface area contributed by atoms with Crippen LogP contribution in [-0.4, -0.2) is 50.3 Å². The average molecular weight is 433 g/mol. The van der Waals surface area contributed by atoms with Gasteiger partial charge < -0.3 is 14.8 Å². The minimum atomic E-state index is -0.131. The third-order valence-electron chi connectivity index (χ3n) is 4.53. The molecule has 1 aliphatic rings. The summed E-state index contributed by atoms with van der Waals surface area (Å²) in [6.45, 7) is 6.04. The molecule has 3 rings (SSSR count). The van der Waals surface area contributed by atoms with Crippen molar-refractivity contribution in [1.82, 2.24) is 10.2 Å². The van der Waals surface area contributed by atoms with Gasteiger partial charge in [0.15, 0.2) is 6.61 Å². The third-order valence-corrected chi connectivity index (χ3v) is 5.02. The Morgan fingerprint density at radius 2 is 1.96 bits per heavy atom. The van der Waals surface area contributed by atoms with Crippen molar-refractivity contribution in [2.45, 2.75) is 13.0 Å². The number of rotatable bonds is 7. The minimum absolute atomic E-state index is 0.0120. The Morgan fingerprint density at radius 1 is 1.22 bits per heavy atom. The van der Waals surface area contributed by atoms with E-state index in [1.165, 1.54) is 5.56 Å². The van der Waals surface area contributed by atoms with Crippen LogP contribution in [0.1, 0.15) is 17.2 Å². The number of halogens is 1. The molecule has 0 radical (unpaired) electrons. The molecule has 1 heterocycles. The molecule has 144 valence electrons. The van der Waals surface area contributed by atoms with Crippen molar-refractivity contribution >= 4 is 21.8 Å². The second-order valence-electron chi connectivity index (χ2n) is 6.69. The van der Waals surface area contributed by atoms with Gasteiger partial charge in [-0.05, 0) is 30.7 Å². The molecule has 2 aromatic rings. The summed E-state index contributed by atoms with van der Waals surface area (Å²) >= 11 is 3.40. The fourth-order valence-electron chi connectivity index (χ4n) is 3.02. The van der Waals surface area contributed by atoms with Gasteiger partial charge in [-0.25, -0.2) is 0 Å². The Bertz CT molecular complexity index is 745. The number of hydrogen-bond acceptors (Lipinski definition) is 4. The van der Waals surface area contributed by atoms with Gasteiger partial charge in [-0.1, -0.05) is 51.8 Å². The van der Waals surface area contributed by atoms with Gasteiger partial charge in [-0.2, -0.15) is 0 Å². The maximum absolute atomic E-state index is 12.5. The van der Waals surface area contributed by atoms with Crippen molar-refractivity contribution in [2.24, 2.45) is 0 Å². The maximum Gasteiger partial charge on any atom is 0.258 e. The molecule has 1 amide bonds. The van der Waals surface area contributed by atoms with Crippen LogP contribution in [0.3, 0.4) is 0 Å². The summed E-state index contributed by atoms with van der Waals surface area (Å²) in [5.74, 6) is 0.536.